The van der Waals surface area contributed by atoms with E-state index in [4.69, 9.17) is 11.6 Å². The molecule has 0 radical (unpaired) electrons. The zero-order valence-corrected chi connectivity index (χ0v) is 19.6. The second kappa shape index (κ2) is 10.3. The number of aliphatic carboxylic acids is 1. The van der Waals surface area contributed by atoms with Crippen LogP contribution in [-0.4, -0.2) is 21.0 Å². The number of alkyl halides is 3. The van der Waals surface area contributed by atoms with E-state index in [0.29, 0.717) is 39.2 Å². The molecule has 3 aromatic rings. The lowest BCUT2D eigenvalue weighted by molar-refractivity contribution is -0.138. The zero-order chi connectivity index (χ0) is 25.0. The average molecular weight is 493 g/mol. The van der Waals surface area contributed by atoms with Crippen LogP contribution in [0.3, 0.4) is 0 Å². The van der Waals surface area contributed by atoms with Crippen LogP contribution in [0.1, 0.15) is 46.7 Å². The number of anilines is 2. The van der Waals surface area contributed by atoms with Gasteiger partial charge in [0, 0.05) is 12.1 Å². The van der Waals surface area contributed by atoms with E-state index in [1.807, 2.05) is 0 Å². The minimum atomic E-state index is -4.47. The van der Waals surface area contributed by atoms with Gasteiger partial charge in [-0.2, -0.15) is 13.2 Å². The topological polar surface area (TPSA) is 87.1 Å². The van der Waals surface area contributed by atoms with Gasteiger partial charge in [0.25, 0.3) is 0 Å². The van der Waals surface area contributed by atoms with Crippen molar-refractivity contribution >= 4 is 29.1 Å². The Morgan fingerprint density at radius 2 is 1.82 bits per heavy atom. The van der Waals surface area contributed by atoms with Crippen molar-refractivity contribution in [2.75, 3.05) is 10.6 Å². The first-order valence-corrected chi connectivity index (χ1v) is 10.8. The van der Waals surface area contributed by atoms with Gasteiger partial charge in [-0.05, 0) is 50.1 Å². The third-order valence-corrected chi connectivity index (χ3v) is 5.68. The van der Waals surface area contributed by atoms with E-state index in [1.54, 1.807) is 44.2 Å². The molecule has 180 valence electrons. The molecule has 0 fully saturated rings. The van der Waals surface area contributed by atoms with Crippen LogP contribution in [0.5, 0.6) is 0 Å². The fourth-order valence-corrected chi connectivity index (χ4v) is 3.95. The Hall–Kier alpha value is -3.33. The Morgan fingerprint density at radius 1 is 1.12 bits per heavy atom. The molecule has 0 aliphatic heterocycles. The summed E-state index contributed by atoms with van der Waals surface area (Å²) in [5, 5.41) is 16.2. The van der Waals surface area contributed by atoms with Crippen LogP contribution < -0.4 is 10.6 Å². The first kappa shape index (κ1) is 25.3. The Labute approximate surface area is 200 Å². The van der Waals surface area contributed by atoms with Gasteiger partial charge in [-0.3, -0.25) is 4.79 Å². The lowest BCUT2D eigenvalue weighted by Gasteiger charge is -2.23. The van der Waals surface area contributed by atoms with Gasteiger partial charge in [-0.15, -0.1) is 0 Å². The van der Waals surface area contributed by atoms with Crippen LogP contribution in [0.15, 0.2) is 42.5 Å². The van der Waals surface area contributed by atoms with Gasteiger partial charge in [0.2, 0.25) is 0 Å². The largest absolute Gasteiger partial charge is 0.481 e. The molecule has 10 heteroatoms. The smallest absolute Gasteiger partial charge is 0.416 e. The molecule has 2 aromatic carbocycles. The molecule has 1 unspecified atom stereocenters. The summed E-state index contributed by atoms with van der Waals surface area (Å²) >= 11 is 6.22. The molecule has 1 heterocycles. The number of rotatable bonds is 8. The van der Waals surface area contributed by atoms with E-state index in [1.165, 1.54) is 13.0 Å². The number of nitrogens with zero attached hydrogens (tertiary/aromatic N) is 2. The van der Waals surface area contributed by atoms with E-state index in [2.05, 4.69) is 20.6 Å². The molecular formula is C24H24ClF3N4O2. The Kier molecular flexibility index (Phi) is 7.66. The second-order valence-corrected chi connectivity index (χ2v) is 8.24. The summed E-state index contributed by atoms with van der Waals surface area (Å²) in [6.45, 7) is 4.94. The molecule has 1 atom stereocenters. The molecule has 0 spiro atoms. The first-order chi connectivity index (χ1) is 16.0. The molecular weight excluding hydrogens is 469 g/mol. The molecule has 0 aliphatic carbocycles. The van der Waals surface area contributed by atoms with E-state index >= 15 is 0 Å². The normalized spacial score (nSPS) is 12.3. The molecule has 3 rings (SSSR count). The summed E-state index contributed by atoms with van der Waals surface area (Å²) < 4.78 is 40.2. The van der Waals surface area contributed by atoms with Gasteiger partial charge >= 0.3 is 12.1 Å². The molecule has 0 amide bonds. The van der Waals surface area contributed by atoms with Crippen LogP contribution in [0.2, 0.25) is 5.02 Å². The SMILES string of the molecule is Cc1nc(CC(=O)O)c(CNc2ccccc2Cl)c(NC(C)c2cccc(C(F)(F)F)c2C)n1. The van der Waals surface area contributed by atoms with Gasteiger partial charge in [0.1, 0.15) is 11.6 Å². The zero-order valence-electron chi connectivity index (χ0n) is 18.8. The number of carboxylic acids is 1. The van der Waals surface area contributed by atoms with Crippen molar-refractivity contribution in [1.82, 2.24) is 9.97 Å². The predicted octanol–water partition coefficient (Wildman–Crippen LogP) is 6.18. The van der Waals surface area contributed by atoms with Gasteiger partial charge in [-0.25, -0.2) is 9.97 Å². The highest BCUT2D eigenvalue weighted by atomic mass is 35.5. The van der Waals surface area contributed by atoms with Crippen molar-refractivity contribution in [3.63, 3.8) is 0 Å². The summed E-state index contributed by atoms with van der Waals surface area (Å²) in [4.78, 5) is 20.2. The first-order valence-electron chi connectivity index (χ1n) is 10.5. The molecule has 1 aromatic heterocycles. The van der Waals surface area contributed by atoms with Crippen molar-refractivity contribution < 1.29 is 23.1 Å². The Bertz CT molecular complexity index is 1200. The molecule has 34 heavy (non-hydrogen) atoms. The summed E-state index contributed by atoms with van der Waals surface area (Å²) in [5.41, 5.74) is 1.29. The van der Waals surface area contributed by atoms with Crippen molar-refractivity contribution in [2.24, 2.45) is 0 Å². The number of aryl methyl sites for hydroxylation is 1. The van der Waals surface area contributed by atoms with Crippen molar-refractivity contribution in [3.8, 4) is 0 Å². The van der Waals surface area contributed by atoms with E-state index in [0.717, 1.165) is 6.07 Å². The molecule has 0 bridgehead atoms. The number of carbonyl (C=O) groups is 1. The number of carboxylic acid groups (broad SMARTS) is 1. The fourth-order valence-electron chi connectivity index (χ4n) is 3.75. The predicted molar refractivity (Wildman–Crippen MR) is 125 cm³/mol. The molecule has 0 saturated carbocycles. The van der Waals surface area contributed by atoms with Gasteiger partial charge in [-0.1, -0.05) is 35.9 Å². The summed E-state index contributed by atoms with van der Waals surface area (Å²) in [6.07, 6.45) is -4.81. The number of aromatic nitrogens is 2. The highest BCUT2D eigenvalue weighted by Crippen LogP contribution is 2.35. The summed E-state index contributed by atoms with van der Waals surface area (Å²) in [5.74, 6) is -0.384. The maximum absolute atomic E-state index is 13.4. The van der Waals surface area contributed by atoms with Gasteiger partial charge < -0.3 is 15.7 Å². The number of benzene rings is 2. The number of hydrogen-bond donors (Lipinski definition) is 3. The lowest BCUT2D eigenvalue weighted by atomic mass is 9.97. The summed E-state index contributed by atoms with van der Waals surface area (Å²) in [7, 11) is 0. The van der Waals surface area contributed by atoms with E-state index in [9.17, 15) is 23.1 Å². The highest BCUT2D eigenvalue weighted by Gasteiger charge is 2.33. The molecule has 3 N–H and O–H groups in total. The number of hydrogen-bond acceptors (Lipinski definition) is 5. The third-order valence-electron chi connectivity index (χ3n) is 5.35. The van der Waals surface area contributed by atoms with Crippen molar-refractivity contribution in [1.29, 1.82) is 0 Å². The maximum Gasteiger partial charge on any atom is 0.416 e. The third kappa shape index (κ3) is 5.96. The van der Waals surface area contributed by atoms with Crippen LogP contribution in [0.4, 0.5) is 24.7 Å². The quantitative estimate of drug-likeness (QED) is 0.348. The number of halogens is 4. The molecule has 6 nitrogen and oxygen atoms in total. The van der Waals surface area contributed by atoms with Crippen molar-refractivity contribution in [2.45, 2.75) is 46.0 Å². The number of nitrogens with one attached hydrogen (secondary N) is 2. The van der Waals surface area contributed by atoms with Crippen LogP contribution >= 0.6 is 11.6 Å². The minimum Gasteiger partial charge on any atom is -0.481 e. The highest BCUT2D eigenvalue weighted by molar-refractivity contribution is 6.33. The van der Waals surface area contributed by atoms with E-state index < -0.39 is 23.8 Å². The Balaban J connectivity index is 1.99. The van der Waals surface area contributed by atoms with Gasteiger partial charge in [0.15, 0.2) is 0 Å². The fraction of sp³-hybridized carbons (Fsp3) is 0.292. The van der Waals surface area contributed by atoms with Crippen molar-refractivity contribution in [3.05, 3.63) is 81.3 Å². The molecule has 0 aliphatic rings. The van der Waals surface area contributed by atoms with Crippen LogP contribution in [0, 0.1) is 13.8 Å². The maximum atomic E-state index is 13.4. The molecule has 0 saturated heterocycles. The van der Waals surface area contributed by atoms with Gasteiger partial charge in [0.05, 0.1) is 34.4 Å². The van der Waals surface area contributed by atoms with Crippen LogP contribution in [-0.2, 0) is 23.9 Å². The Morgan fingerprint density at radius 3 is 2.47 bits per heavy atom. The standard InChI is InChI=1S/C24H24ClF3N4O2/c1-13-16(7-6-8-18(13)24(26,27)28)14(2)30-23-17(12-29-20-10-5-4-9-19(20)25)21(11-22(33)34)31-15(3)32-23/h4-10,14,29H,11-12H2,1-3H3,(H,33,34)(H,30,31,32). The second-order valence-electron chi connectivity index (χ2n) is 7.83. The van der Waals surface area contributed by atoms with E-state index in [-0.39, 0.29) is 18.5 Å². The number of para-hydroxylation sites is 1. The minimum absolute atomic E-state index is 0.113. The lowest BCUT2D eigenvalue weighted by Crippen LogP contribution is -2.18. The van der Waals surface area contributed by atoms with Crippen LogP contribution in [0.25, 0.3) is 0 Å². The average Bonchev–Trinajstić information content (AvgIpc) is 2.73. The summed E-state index contributed by atoms with van der Waals surface area (Å²) in [6, 6.07) is 10.6. The monoisotopic (exact) mass is 492 g/mol.